The molecular weight excluding hydrogens is 206 g/mol. The number of benzene rings is 1. The van der Waals surface area contributed by atoms with E-state index in [1.54, 1.807) is 7.11 Å². The molecule has 0 unspecified atom stereocenters. The second-order valence-corrected chi connectivity index (χ2v) is 3.68. The van der Waals surface area contributed by atoms with E-state index >= 15 is 0 Å². The van der Waals surface area contributed by atoms with Gasteiger partial charge in [0.05, 0.1) is 33.0 Å². The van der Waals surface area contributed by atoms with Gasteiger partial charge in [0, 0.05) is 11.8 Å². The number of methoxy groups -OCH3 is 1. The monoisotopic (exact) mass is 223 g/mol. The van der Waals surface area contributed by atoms with E-state index < -0.39 is 0 Å². The lowest BCUT2D eigenvalue weighted by Gasteiger charge is -2.28. The Balaban J connectivity index is 2.08. The van der Waals surface area contributed by atoms with E-state index in [1.807, 2.05) is 25.1 Å². The first-order chi connectivity index (χ1) is 7.83. The Morgan fingerprint density at radius 3 is 2.75 bits per heavy atom. The molecule has 88 valence electrons. The molecule has 1 N–H and O–H groups in total. The molecule has 1 aliphatic heterocycles. The highest BCUT2D eigenvalue weighted by molar-refractivity contribution is 5.55. The number of anilines is 1. The smallest absolute Gasteiger partial charge is 0.162 e. The first-order valence-electron chi connectivity index (χ1n) is 5.48. The van der Waals surface area contributed by atoms with Crippen molar-refractivity contribution in [3.8, 4) is 11.5 Å². The van der Waals surface area contributed by atoms with Crippen LogP contribution in [0.3, 0.4) is 0 Å². The van der Waals surface area contributed by atoms with Crippen molar-refractivity contribution >= 4 is 5.69 Å². The Labute approximate surface area is 95.5 Å². The van der Waals surface area contributed by atoms with Crippen LogP contribution in [0.4, 0.5) is 5.69 Å². The average Bonchev–Trinajstić information content (AvgIpc) is 2.25. The third-order valence-corrected chi connectivity index (χ3v) is 2.47. The van der Waals surface area contributed by atoms with Crippen LogP contribution >= 0.6 is 0 Å². The Bertz CT molecular complexity index is 350. The summed E-state index contributed by atoms with van der Waals surface area (Å²) < 4.78 is 15.8. The van der Waals surface area contributed by atoms with Gasteiger partial charge < -0.3 is 19.5 Å². The Hall–Kier alpha value is -1.42. The minimum atomic E-state index is 0.419. The molecule has 4 nitrogen and oxygen atoms in total. The zero-order valence-electron chi connectivity index (χ0n) is 9.66. The van der Waals surface area contributed by atoms with Crippen molar-refractivity contribution in [1.82, 2.24) is 0 Å². The van der Waals surface area contributed by atoms with Crippen LogP contribution in [-0.2, 0) is 4.74 Å². The average molecular weight is 223 g/mol. The Morgan fingerprint density at radius 1 is 1.38 bits per heavy atom. The van der Waals surface area contributed by atoms with Crippen LogP contribution in [-0.4, -0.2) is 33.0 Å². The van der Waals surface area contributed by atoms with Gasteiger partial charge in [-0.2, -0.15) is 0 Å². The lowest BCUT2D eigenvalue weighted by Crippen LogP contribution is -2.40. The van der Waals surface area contributed by atoms with Gasteiger partial charge in [0.2, 0.25) is 0 Å². The van der Waals surface area contributed by atoms with Crippen molar-refractivity contribution in [2.75, 3.05) is 32.2 Å². The second kappa shape index (κ2) is 5.07. The fraction of sp³-hybridized carbons (Fsp3) is 0.500. The molecule has 1 fully saturated rings. The number of hydrogen-bond acceptors (Lipinski definition) is 4. The maximum Gasteiger partial charge on any atom is 0.162 e. The predicted octanol–water partition coefficient (Wildman–Crippen LogP) is 1.90. The molecule has 1 saturated heterocycles. The maximum atomic E-state index is 5.45. The van der Waals surface area contributed by atoms with Crippen LogP contribution in [0.25, 0.3) is 0 Å². The van der Waals surface area contributed by atoms with Gasteiger partial charge in [-0.05, 0) is 19.1 Å². The molecule has 1 heterocycles. The molecule has 0 aliphatic carbocycles. The number of nitrogens with one attached hydrogen (secondary N) is 1. The molecular formula is C12H17NO3. The Morgan fingerprint density at radius 2 is 2.19 bits per heavy atom. The second-order valence-electron chi connectivity index (χ2n) is 3.68. The summed E-state index contributed by atoms with van der Waals surface area (Å²) in [5.41, 5.74) is 1.04. The molecule has 0 bridgehead atoms. The Kier molecular flexibility index (Phi) is 3.51. The lowest BCUT2D eigenvalue weighted by molar-refractivity contribution is 0.0211. The van der Waals surface area contributed by atoms with E-state index in [0.29, 0.717) is 12.6 Å². The molecule has 1 aliphatic rings. The summed E-state index contributed by atoms with van der Waals surface area (Å²) in [5.74, 6) is 1.53. The van der Waals surface area contributed by atoms with Crippen LogP contribution < -0.4 is 14.8 Å². The topological polar surface area (TPSA) is 39.7 Å². The fourth-order valence-electron chi connectivity index (χ4n) is 1.59. The van der Waals surface area contributed by atoms with Gasteiger partial charge in [-0.15, -0.1) is 0 Å². The minimum absolute atomic E-state index is 0.419. The van der Waals surface area contributed by atoms with Crippen LogP contribution in [0.5, 0.6) is 11.5 Å². The van der Waals surface area contributed by atoms with Crippen LogP contribution in [0.15, 0.2) is 18.2 Å². The highest BCUT2D eigenvalue weighted by Crippen LogP contribution is 2.30. The summed E-state index contributed by atoms with van der Waals surface area (Å²) in [6.07, 6.45) is 0. The summed E-state index contributed by atoms with van der Waals surface area (Å²) >= 11 is 0. The van der Waals surface area contributed by atoms with Gasteiger partial charge in [0.25, 0.3) is 0 Å². The molecule has 0 amide bonds. The zero-order valence-corrected chi connectivity index (χ0v) is 9.66. The third kappa shape index (κ3) is 2.39. The first kappa shape index (κ1) is 11.1. The molecule has 0 spiro atoms. The lowest BCUT2D eigenvalue weighted by atomic mass is 10.2. The third-order valence-electron chi connectivity index (χ3n) is 2.47. The molecule has 0 saturated carbocycles. The summed E-state index contributed by atoms with van der Waals surface area (Å²) in [4.78, 5) is 0. The summed E-state index contributed by atoms with van der Waals surface area (Å²) in [6.45, 7) is 4.14. The van der Waals surface area contributed by atoms with Crippen LogP contribution in [0.1, 0.15) is 6.92 Å². The van der Waals surface area contributed by atoms with E-state index in [1.165, 1.54) is 0 Å². The normalized spacial score (nSPS) is 15.4. The SMILES string of the molecule is CCOc1ccc(NC2COC2)cc1OC. The summed E-state index contributed by atoms with van der Waals surface area (Å²) in [7, 11) is 1.65. The van der Waals surface area contributed by atoms with E-state index in [0.717, 1.165) is 30.4 Å². The highest BCUT2D eigenvalue weighted by Gasteiger charge is 2.18. The maximum absolute atomic E-state index is 5.45. The quantitative estimate of drug-likeness (QED) is 0.827. The fourth-order valence-corrected chi connectivity index (χ4v) is 1.59. The van der Waals surface area contributed by atoms with Gasteiger partial charge in [-0.1, -0.05) is 0 Å². The van der Waals surface area contributed by atoms with E-state index in [-0.39, 0.29) is 0 Å². The van der Waals surface area contributed by atoms with Crippen molar-refractivity contribution in [3.63, 3.8) is 0 Å². The molecule has 2 rings (SSSR count). The molecule has 1 aromatic carbocycles. The molecule has 0 aromatic heterocycles. The molecule has 1 aromatic rings. The summed E-state index contributed by atoms with van der Waals surface area (Å²) in [5, 5.41) is 3.36. The van der Waals surface area contributed by atoms with Crippen molar-refractivity contribution in [2.45, 2.75) is 13.0 Å². The molecule has 16 heavy (non-hydrogen) atoms. The summed E-state index contributed by atoms with van der Waals surface area (Å²) in [6, 6.07) is 6.28. The van der Waals surface area contributed by atoms with Crippen molar-refractivity contribution in [3.05, 3.63) is 18.2 Å². The van der Waals surface area contributed by atoms with Gasteiger partial charge in [0.1, 0.15) is 0 Å². The largest absolute Gasteiger partial charge is 0.493 e. The zero-order chi connectivity index (χ0) is 11.4. The minimum Gasteiger partial charge on any atom is -0.493 e. The van der Waals surface area contributed by atoms with E-state index in [4.69, 9.17) is 14.2 Å². The van der Waals surface area contributed by atoms with Gasteiger partial charge in [-0.25, -0.2) is 0 Å². The number of hydrogen-bond donors (Lipinski definition) is 1. The van der Waals surface area contributed by atoms with Crippen LogP contribution in [0, 0.1) is 0 Å². The number of rotatable bonds is 5. The number of ether oxygens (including phenoxy) is 3. The van der Waals surface area contributed by atoms with E-state index in [9.17, 15) is 0 Å². The van der Waals surface area contributed by atoms with Crippen molar-refractivity contribution in [1.29, 1.82) is 0 Å². The first-order valence-corrected chi connectivity index (χ1v) is 5.48. The highest BCUT2D eigenvalue weighted by atomic mass is 16.5. The van der Waals surface area contributed by atoms with Gasteiger partial charge in [-0.3, -0.25) is 0 Å². The van der Waals surface area contributed by atoms with Crippen LogP contribution in [0.2, 0.25) is 0 Å². The van der Waals surface area contributed by atoms with Gasteiger partial charge >= 0.3 is 0 Å². The van der Waals surface area contributed by atoms with Crippen molar-refractivity contribution < 1.29 is 14.2 Å². The molecule has 4 heteroatoms. The standard InChI is InChI=1S/C12H17NO3/c1-3-16-11-5-4-9(6-12(11)14-2)13-10-7-15-8-10/h4-6,10,13H,3,7-8H2,1-2H3. The molecule has 0 atom stereocenters. The van der Waals surface area contributed by atoms with Crippen molar-refractivity contribution in [2.24, 2.45) is 0 Å². The molecule has 0 radical (unpaired) electrons. The predicted molar refractivity (Wildman–Crippen MR) is 62.4 cm³/mol. The van der Waals surface area contributed by atoms with E-state index in [2.05, 4.69) is 5.32 Å². The van der Waals surface area contributed by atoms with Gasteiger partial charge in [0.15, 0.2) is 11.5 Å².